The van der Waals surface area contributed by atoms with E-state index in [4.69, 9.17) is 16.3 Å². The fourth-order valence-corrected chi connectivity index (χ4v) is 1.51. The highest BCUT2D eigenvalue weighted by molar-refractivity contribution is 6.31. The molecule has 0 aliphatic heterocycles. The molecule has 4 nitrogen and oxygen atoms in total. The molecular weight excluding hydrogens is 204 g/mol. The van der Waals surface area contributed by atoms with Crippen LogP contribution < -0.4 is 0 Å². The summed E-state index contributed by atoms with van der Waals surface area (Å²) in [6, 6.07) is 0. The Morgan fingerprint density at radius 3 is 2.93 bits per heavy atom. The summed E-state index contributed by atoms with van der Waals surface area (Å²) in [5, 5.41) is 14.1. The molecule has 14 heavy (non-hydrogen) atoms. The highest BCUT2D eigenvalue weighted by Gasteiger charge is 2.16. The van der Waals surface area contributed by atoms with Crippen molar-refractivity contribution in [2.45, 2.75) is 19.4 Å². The number of aliphatic hydroxyl groups is 1. The number of nitrogens with zero attached hydrogens (tertiary/aromatic N) is 2. The van der Waals surface area contributed by atoms with Crippen LogP contribution in [0.4, 0.5) is 0 Å². The Hall–Kier alpha value is -0.580. The summed E-state index contributed by atoms with van der Waals surface area (Å²) in [6.45, 7) is 2.92. The molecule has 1 unspecified atom stereocenters. The Balaban J connectivity index is 2.55. The van der Waals surface area contributed by atoms with Crippen molar-refractivity contribution in [3.05, 3.63) is 16.9 Å². The molecule has 0 radical (unpaired) electrons. The van der Waals surface area contributed by atoms with Crippen molar-refractivity contribution in [1.29, 1.82) is 0 Å². The summed E-state index contributed by atoms with van der Waals surface area (Å²) in [6.07, 6.45) is 1.74. The predicted molar refractivity (Wildman–Crippen MR) is 54.3 cm³/mol. The van der Waals surface area contributed by atoms with Gasteiger partial charge in [0.25, 0.3) is 0 Å². The molecule has 0 amide bonds. The van der Waals surface area contributed by atoms with E-state index >= 15 is 0 Å². The molecule has 1 N–H and O–H groups in total. The van der Waals surface area contributed by atoms with E-state index in [0.29, 0.717) is 17.3 Å². The van der Waals surface area contributed by atoms with Crippen molar-refractivity contribution in [3.8, 4) is 0 Å². The zero-order valence-corrected chi connectivity index (χ0v) is 9.16. The van der Waals surface area contributed by atoms with Gasteiger partial charge in [-0.3, -0.25) is 4.68 Å². The number of hydrogen-bond donors (Lipinski definition) is 1. The Labute approximate surface area is 88.4 Å². The fraction of sp³-hybridized carbons (Fsp3) is 0.667. The van der Waals surface area contributed by atoms with Crippen LogP contribution in [0.5, 0.6) is 0 Å². The minimum Gasteiger partial charge on any atom is -0.384 e. The molecule has 1 heterocycles. The molecule has 0 aromatic carbocycles. The lowest BCUT2D eigenvalue weighted by Gasteiger charge is -2.11. The first-order chi connectivity index (χ1) is 6.66. The Morgan fingerprint density at radius 2 is 2.43 bits per heavy atom. The second-order valence-electron chi connectivity index (χ2n) is 3.09. The van der Waals surface area contributed by atoms with Crippen molar-refractivity contribution in [2.24, 2.45) is 7.05 Å². The molecule has 1 rings (SSSR count). The Kier molecular flexibility index (Phi) is 4.38. The largest absolute Gasteiger partial charge is 0.384 e. The lowest BCUT2D eigenvalue weighted by molar-refractivity contribution is 0.0324. The van der Waals surface area contributed by atoms with Crippen LogP contribution in [0.1, 0.15) is 25.1 Å². The third kappa shape index (κ3) is 2.70. The van der Waals surface area contributed by atoms with Crippen LogP contribution in [0.3, 0.4) is 0 Å². The standard InChI is InChI=1S/C9H15ClN2O2/c1-3-4-14-6-8(13)9-7(10)5-11-12(9)2/h5,8,13H,3-4,6H2,1-2H3. The molecule has 1 aromatic heterocycles. The highest BCUT2D eigenvalue weighted by atomic mass is 35.5. The summed E-state index contributed by atoms with van der Waals surface area (Å²) in [7, 11) is 1.74. The van der Waals surface area contributed by atoms with Crippen LogP contribution in [-0.2, 0) is 11.8 Å². The number of aliphatic hydroxyl groups excluding tert-OH is 1. The summed E-state index contributed by atoms with van der Waals surface area (Å²) in [5.74, 6) is 0. The van der Waals surface area contributed by atoms with Gasteiger partial charge in [-0.2, -0.15) is 5.10 Å². The van der Waals surface area contributed by atoms with Crippen LogP contribution in [0, 0.1) is 0 Å². The lowest BCUT2D eigenvalue weighted by atomic mass is 10.2. The van der Waals surface area contributed by atoms with Gasteiger partial charge in [0.05, 0.1) is 23.5 Å². The fourth-order valence-electron chi connectivity index (χ4n) is 1.21. The minimum atomic E-state index is -0.707. The van der Waals surface area contributed by atoms with E-state index in [9.17, 15) is 5.11 Å². The maximum absolute atomic E-state index is 9.73. The first-order valence-corrected chi connectivity index (χ1v) is 4.97. The third-order valence-corrected chi connectivity index (χ3v) is 2.17. The average Bonchev–Trinajstić information content (AvgIpc) is 2.46. The maximum Gasteiger partial charge on any atom is 0.120 e. The smallest absolute Gasteiger partial charge is 0.120 e. The molecule has 0 bridgehead atoms. The lowest BCUT2D eigenvalue weighted by Crippen LogP contribution is -2.12. The summed E-state index contributed by atoms with van der Waals surface area (Å²) >= 11 is 5.85. The second-order valence-corrected chi connectivity index (χ2v) is 3.50. The molecular formula is C9H15ClN2O2. The molecule has 0 saturated carbocycles. The summed E-state index contributed by atoms with van der Waals surface area (Å²) in [4.78, 5) is 0. The van der Waals surface area contributed by atoms with Crippen molar-refractivity contribution < 1.29 is 9.84 Å². The van der Waals surface area contributed by atoms with Gasteiger partial charge >= 0.3 is 0 Å². The van der Waals surface area contributed by atoms with Crippen molar-refractivity contribution >= 4 is 11.6 Å². The van der Waals surface area contributed by atoms with Gasteiger partial charge in [-0.25, -0.2) is 0 Å². The third-order valence-electron chi connectivity index (χ3n) is 1.88. The molecule has 0 aliphatic carbocycles. The first-order valence-electron chi connectivity index (χ1n) is 4.60. The van der Waals surface area contributed by atoms with E-state index in [0.717, 1.165) is 6.42 Å². The van der Waals surface area contributed by atoms with Crippen molar-refractivity contribution in [1.82, 2.24) is 9.78 Å². The number of ether oxygens (including phenoxy) is 1. The second kappa shape index (κ2) is 5.34. The minimum absolute atomic E-state index is 0.257. The van der Waals surface area contributed by atoms with Gasteiger partial charge in [0.1, 0.15) is 6.10 Å². The van der Waals surface area contributed by atoms with E-state index in [1.165, 1.54) is 6.20 Å². The maximum atomic E-state index is 9.73. The monoisotopic (exact) mass is 218 g/mol. The SMILES string of the molecule is CCCOCC(O)c1c(Cl)cnn1C. The normalized spacial score (nSPS) is 13.1. The van der Waals surface area contributed by atoms with Crippen LogP contribution >= 0.6 is 11.6 Å². The van der Waals surface area contributed by atoms with E-state index in [1.54, 1.807) is 11.7 Å². The van der Waals surface area contributed by atoms with Crippen LogP contribution in [-0.4, -0.2) is 28.1 Å². The molecule has 0 aliphatic rings. The van der Waals surface area contributed by atoms with E-state index in [2.05, 4.69) is 5.10 Å². The van der Waals surface area contributed by atoms with Gasteiger partial charge in [0.2, 0.25) is 0 Å². The van der Waals surface area contributed by atoms with Crippen LogP contribution in [0.2, 0.25) is 5.02 Å². The number of hydrogen-bond acceptors (Lipinski definition) is 3. The predicted octanol–water partition coefficient (Wildman–Crippen LogP) is 1.53. The number of rotatable bonds is 5. The molecule has 5 heteroatoms. The van der Waals surface area contributed by atoms with Gasteiger partial charge in [0.15, 0.2) is 0 Å². The van der Waals surface area contributed by atoms with Gasteiger partial charge in [-0.05, 0) is 6.42 Å². The van der Waals surface area contributed by atoms with Crippen molar-refractivity contribution in [3.63, 3.8) is 0 Å². The summed E-state index contributed by atoms with van der Waals surface area (Å²) in [5.41, 5.74) is 0.600. The van der Waals surface area contributed by atoms with E-state index in [-0.39, 0.29) is 6.61 Å². The van der Waals surface area contributed by atoms with E-state index in [1.807, 2.05) is 6.92 Å². The van der Waals surface area contributed by atoms with Gasteiger partial charge < -0.3 is 9.84 Å². The van der Waals surface area contributed by atoms with Crippen LogP contribution in [0.25, 0.3) is 0 Å². The van der Waals surface area contributed by atoms with E-state index < -0.39 is 6.10 Å². The zero-order chi connectivity index (χ0) is 10.6. The molecule has 0 spiro atoms. The number of aromatic nitrogens is 2. The number of halogens is 1. The summed E-state index contributed by atoms with van der Waals surface area (Å²) < 4.78 is 6.79. The van der Waals surface area contributed by atoms with Gasteiger partial charge in [-0.1, -0.05) is 18.5 Å². The molecule has 80 valence electrons. The first kappa shape index (κ1) is 11.5. The molecule has 0 fully saturated rings. The average molecular weight is 219 g/mol. The Bertz CT molecular complexity index is 269. The molecule has 1 atom stereocenters. The van der Waals surface area contributed by atoms with Gasteiger partial charge in [0, 0.05) is 13.7 Å². The zero-order valence-electron chi connectivity index (χ0n) is 8.40. The molecule has 0 saturated heterocycles. The quantitative estimate of drug-likeness (QED) is 0.763. The topological polar surface area (TPSA) is 47.3 Å². The van der Waals surface area contributed by atoms with Crippen LogP contribution in [0.15, 0.2) is 6.20 Å². The van der Waals surface area contributed by atoms with Crippen molar-refractivity contribution in [2.75, 3.05) is 13.2 Å². The number of aryl methyl sites for hydroxylation is 1. The Morgan fingerprint density at radius 1 is 1.71 bits per heavy atom. The molecule has 1 aromatic rings. The highest BCUT2D eigenvalue weighted by Crippen LogP contribution is 2.21. The van der Waals surface area contributed by atoms with Gasteiger partial charge in [-0.15, -0.1) is 0 Å².